The molecule has 1 aliphatic rings. The fourth-order valence-electron chi connectivity index (χ4n) is 3.02. The number of aromatic nitrogens is 2. The summed E-state index contributed by atoms with van der Waals surface area (Å²) in [6, 6.07) is 0. The Balaban J connectivity index is 2.45. The molecule has 20 heavy (non-hydrogen) atoms. The van der Waals surface area contributed by atoms with Crippen LogP contribution in [-0.2, 0) is 23.0 Å². The van der Waals surface area contributed by atoms with E-state index in [1.165, 1.54) is 0 Å². The number of ketones is 2. The standard InChI is InChI=1S/C15H22N2O3/c1-7-10-9(8-17(6)16-10)12(18)11-13(19)15(4,5)20-14(11,2)3/h8,11H,7H2,1-6H3. The number of Topliss-reactive ketones (excluding diaryl/α,β-unsaturated/α-hetero) is 2. The first-order valence-corrected chi connectivity index (χ1v) is 6.91. The Labute approximate surface area is 119 Å². The van der Waals surface area contributed by atoms with E-state index in [4.69, 9.17) is 4.74 Å². The lowest BCUT2D eigenvalue weighted by Crippen LogP contribution is -2.37. The summed E-state index contributed by atoms with van der Waals surface area (Å²) >= 11 is 0. The van der Waals surface area contributed by atoms with Gasteiger partial charge in [-0.1, -0.05) is 6.92 Å². The van der Waals surface area contributed by atoms with Crippen molar-refractivity contribution in [2.24, 2.45) is 13.0 Å². The lowest BCUT2D eigenvalue weighted by atomic mass is 9.80. The molecule has 0 spiro atoms. The molecule has 2 heterocycles. The molecule has 5 heteroatoms. The number of hydrogen-bond donors (Lipinski definition) is 0. The zero-order valence-corrected chi connectivity index (χ0v) is 13.0. The Morgan fingerprint density at radius 3 is 2.45 bits per heavy atom. The SMILES string of the molecule is CCc1nn(C)cc1C(=O)C1C(=O)C(C)(C)OC1(C)C. The first-order chi connectivity index (χ1) is 9.10. The maximum atomic E-state index is 12.8. The van der Waals surface area contributed by atoms with Gasteiger partial charge in [-0.25, -0.2) is 0 Å². The Bertz CT molecular complexity index is 570. The molecular formula is C15H22N2O3. The van der Waals surface area contributed by atoms with Crippen LogP contribution in [-0.4, -0.2) is 32.5 Å². The summed E-state index contributed by atoms with van der Waals surface area (Å²) in [6.45, 7) is 8.97. The molecule has 0 aliphatic carbocycles. The molecule has 2 rings (SSSR count). The molecule has 1 aliphatic heterocycles. The van der Waals surface area contributed by atoms with Crippen LogP contribution in [0.15, 0.2) is 6.20 Å². The maximum Gasteiger partial charge on any atom is 0.179 e. The van der Waals surface area contributed by atoms with Crippen molar-refractivity contribution in [3.05, 3.63) is 17.5 Å². The van der Waals surface area contributed by atoms with Crippen molar-refractivity contribution in [2.45, 2.75) is 52.2 Å². The number of aryl methyl sites for hydroxylation is 2. The first kappa shape index (κ1) is 14.9. The molecule has 110 valence electrons. The summed E-state index contributed by atoms with van der Waals surface area (Å²) in [5, 5.41) is 4.27. The predicted octanol–water partition coefficient (Wildman–Crippen LogP) is 1.94. The minimum absolute atomic E-state index is 0.154. The van der Waals surface area contributed by atoms with Gasteiger partial charge in [0.15, 0.2) is 11.6 Å². The van der Waals surface area contributed by atoms with Crippen LogP contribution in [0.25, 0.3) is 0 Å². The number of hydrogen-bond acceptors (Lipinski definition) is 4. The summed E-state index contributed by atoms with van der Waals surface area (Å²) in [4.78, 5) is 25.3. The van der Waals surface area contributed by atoms with E-state index in [2.05, 4.69) is 5.10 Å². The normalized spacial score (nSPS) is 24.1. The van der Waals surface area contributed by atoms with E-state index >= 15 is 0 Å². The summed E-state index contributed by atoms with van der Waals surface area (Å²) in [5.74, 6) is -1.11. The van der Waals surface area contributed by atoms with Gasteiger partial charge in [0.25, 0.3) is 0 Å². The summed E-state index contributed by atoms with van der Waals surface area (Å²) < 4.78 is 7.40. The molecule has 1 aromatic rings. The summed E-state index contributed by atoms with van der Waals surface area (Å²) in [7, 11) is 1.78. The molecular weight excluding hydrogens is 256 g/mol. The van der Waals surface area contributed by atoms with Crippen LogP contribution in [0.1, 0.15) is 50.7 Å². The van der Waals surface area contributed by atoms with Gasteiger partial charge in [0.1, 0.15) is 11.5 Å². The minimum atomic E-state index is -0.918. The highest BCUT2D eigenvalue weighted by Gasteiger charge is 2.56. The zero-order valence-electron chi connectivity index (χ0n) is 13.0. The van der Waals surface area contributed by atoms with Crippen LogP contribution in [0.2, 0.25) is 0 Å². The quantitative estimate of drug-likeness (QED) is 0.626. The van der Waals surface area contributed by atoms with E-state index in [9.17, 15) is 9.59 Å². The molecule has 1 unspecified atom stereocenters. The third-order valence-corrected chi connectivity index (χ3v) is 3.84. The molecule has 1 aromatic heterocycles. The van der Waals surface area contributed by atoms with Crippen LogP contribution in [0.4, 0.5) is 0 Å². The van der Waals surface area contributed by atoms with Crippen molar-refractivity contribution < 1.29 is 14.3 Å². The average Bonchev–Trinajstić information content (AvgIpc) is 2.74. The number of carbonyl (C=O) groups is 2. The van der Waals surface area contributed by atoms with Crippen molar-refractivity contribution in [3.63, 3.8) is 0 Å². The molecule has 1 saturated heterocycles. The van der Waals surface area contributed by atoms with E-state index < -0.39 is 17.1 Å². The number of rotatable bonds is 3. The molecule has 1 atom stereocenters. The topological polar surface area (TPSA) is 61.2 Å². The largest absolute Gasteiger partial charge is 0.361 e. The fraction of sp³-hybridized carbons (Fsp3) is 0.667. The fourth-order valence-corrected chi connectivity index (χ4v) is 3.02. The minimum Gasteiger partial charge on any atom is -0.361 e. The Kier molecular flexibility index (Phi) is 3.37. The van der Waals surface area contributed by atoms with Crippen molar-refractivity contribution in [1.82, 2.24) is 9.78 Å². The second-order valence-electron chi connectivity index (χ2n) is 6.39. The molecule has 5 nitrogen and oxygen atoms in total. The van der Waals surface area contributed by atoms with Gasteiger partial charge >= 0.3 is 0 Å². The molecule has 0 amide bonds. The smallest absolute Gasteiger partial charge is 0.179 e. The predicted molar refractivity (Wildman–Crippen MR) is 74.7 cm³/mol. The highest BCUT2D eigenvalue weighted by molar-refractivity contribution is 6.15. The molecule has 0 N–H and O–H groups in total. The van der Waals surface area contributed by atoms with Gasteiger partial charge in [0.2, 0.25) is 0 Å². The van der Waals surface area contributed by atoms with Gasteiger partial charge in [0, 0.05) is 13.2 Å². The van der Waals surface area contributed by atoms with Crippen molar-refractivity contribution >= 4 is 11.6 Å². The number of ether oxygens (including phenoxy) is 1. The van der Waals surface area contributed by atoms with Crippen LogP contribution in [0.5, 0.6) is 0 Å². The van der Waals surface area contributed by atoms with Gasteiger partial charge in [-0.15, -0.1) is 0 Å². The van der Waals surface area contributed by atoms with Crippen molar-refractivity contribution in [1.29, 1.82) is 0 Å². The van der Waals surface area contributed by atoms with Crippen molar-refractivity contribution in [3.8, 4) is 0 Å². The lowest BCUT2D eigenvalue weighted by Gasteiger charge is -2.24. The van der Waals surface area contributed by atoms with Crippen LogP contribution >= 0.6 is 0 Å². The lowest BCUT2D eigenvalue weighted by molar-refractivity contribution is -0.132. The molecule has 0 bridgehead atoms. The summed E-state index contributed by atoms with van der Waals surface area (Å²) in [6.07, 6.45) is 2.35. The Morgan fingerprint density at radius 1 is 1.40 bits per heavy atom. The molecule has 0 aromatic carbocycles. The van der Waals surface area contributed by atoms with E-state index in [0.29, 0.717) is 12.0 Å². The number of carbonyl (C=O) groups excluding carboxylic acids is 2. The van der Waals surface area contributed by atoms with E-state index in [1.807, 2.05) is 6.92 Å². The second-order valence-corrected chi connectivity index (χ2v) is 6.39. The highest BCUT2D eigenvalue weighted by atomic mass is 16.5. The van der Waals surface area contributed by atoms with Gasteiger partial charge < -0.3 is 4.74 Å². The monoisotopic (exact) mass is 278 g/mol. The van der Waals surface area contributed by atoms with Gasteiger partial charge in [-0.05, 0) is 34.1 Å². The van der Waals surface area contributed by atoms with E-state index in [-0.39, 0.29) is 11.6 Å². The van der Waals surface area contributed by atoms with Crippen LogP contribution in [0.3, 0.4) is 0 Å². The maximum absolute atomic E-state index is 12.8. The Morgan fingerprint density at radius 2 is 2.00 bits per heavy atom. The molecule has 0 radical (unpaired) electrons. The van der Waals surface area contributed by atoms with E-state index in [1.54, 1.807) is 45.6 Å². The van der Waals surface area contributed by atoms with Gasteiger partial charge in [-0.3, -0.25) is 14.3 Å². The average molecular weight is 278 g/mol. The van der Waals surface area contributed by atoms with Crippen molar-refractivity contribution in [2.75, 3.05) is 0 Å². The Hall–Kier alpha value is -1.49. The van der Waals surface area contributed by atoms with Gasteiger partial charge in [0.05, 0.1) is 16.9 Å². The zero-order chi connectivity index (χ0) is 15.3. The van der Waals surface area contributed by atoms with Crippen LogP contribution < -0.4 is 0 Å². The molecule has 0 saturated carbocycles. The highest BCUT2D eigenvalue weighted by Crippen LogP contribution is 2.41. The third kappa shape index (κ3) is 2.20. The molecule has 1 fully saturated rings. The van der Waals surface area contributed by atoms with Gasteiger partial charge in [-0.2, -0.15) is 5.10 Å². The first-order valence-electron chi connectivity index (χ1n) is 6.91. The van der Waals surface area contributed by atoms with E-state index in [0.717, 1.165) is 5.69 Å². The van der Waals surface area contributed by atoms with Crippen LogP contribution in [0, 0.1) is 5.92 Å². The number of nitrogens with zero attached hydrogens (tertiary/aromatic N) is 2. The summed E-state index contributed by atoms with van der Waals surface area (Å²) in [5.41, 5.74) is -0.453. The third-order valence-electron chi connectivity index (χ3n) is 3.84. The second kappa shape index (κ2) is 4.52.